The van der Waals surface area contributed by atoms with Crippen molar-refractivity contribution in [2.24, 2.45) is 11.3 Å². The molecule has 0 fully saturated rings. The lowest BCUT2D eigenvalue weighted by Crippen LogP contribution is -2.26. The molecule has 1 aromatic rings. The minimum absolute atomic E-state index is 0.00726. The van der Waals surface area contributed by atoms with Gasteiger partial charge in [-0.3, -0.25) is 4.79 Å². The van der Waals surface area contributed by atoms with Crippen LogP contribution in [0.2, 0.25) is 0 Å². The Morgan fingerprint density at radius 3 is 2.53 bits per heavy atom. The van der Waals surface area contributed by atoms with Gasteiger partial charge in [0.1, 0.15) is 0 Å². The van der Waals surface area contributed by atoms with Crippen LogP contribution in [-0.2, 0) is 4.79 Å². The Bertz CT molecular complexity index is 428. The van der Waals surface area contributed by atoms with Gasteiger partial charge in [0.2, 0.25) is 5.91 Å². The maximum absolute atomic E-state index is 11.6. The van der Waals surface area contributed by atoms with E-state index in [4.69, 9.17) is 0 Å². The summed E-state index contributed by atoms with van der Waals surface area (Å²) in [5, 5.41) is 15.3. The lowest BCUT2D eigenvalue weighted by atomic mass is 9.95. The van der Waals surface area contributed by atoms with E-state index >= 15 is 0 Å². The summed E-state index contributed by atoms with van der Waals surface area (Å²) in [6, 6.07) is 7.60. The maximum Gasteiger partial charge on any atom is 0.226 e. The largest absolute Gasteiger partial charge is 0.396 e. The van der Waals surface area contributed by atoms with Crippen molar-refractivity contribution in [1.29, 1.82) is 0 Å². The molecule has 0 spiro atoms. The third kappa shape index (κ3) is 5.30. The van der Waals surface area contributed by atoms with E-state index in [0.29, 0.717) is 6.54 Å². The molecule has 0 heterocycles. The summed E-state index contributed by atoms with van der Waals surface area (Å²) in [5.74, 6) is -0.0298. The molecular weight excluding hydrogens is 240 g/mol. The zero-order valence-corrected chi connectivity index (χ0v) is 12.2. The smallest absolute Gasteiger partial charge is 0.226 e. The first-order valence-electron chi connectivity index (χ1n) is 6.60. The first-order valence-corrected chi connectivity index (χ1v) is 6.60. The third-order valence-corrected chi connectivity index (χ3v) is 2.85. The highest BCUT2D eigenvalue weighted by atomic mass is 16.3. The van der Waals surface area contributed by atoms with Gasteiger partial charge in [-0.2, -0.15) is 0 Å². The molecule has 1 rings (SSSR count). The Morgan fingerprint density at radius 1 is 1.32 bits per heavy atom. The van der Waals surface area contributed by atoms with Crippen LogP contribution in [0.25, 0.3) is 0 Å². The second-order valence-corrected chi connectivity index (χ2v) is 5.90. The van der Waals surface area contributed by atoms with E-state index in [-0.39, 0.29) is 23.8 Å². The summed E-state index contributed by atoms with van der Waals surface area (Å²) in [6.45, 7) is 8.51. The molecule has 0 bridgehead atoms. The molecule has 4 heteroatoms. The van der Waals surface area contributed by atoms with Crippen LogP contribution in [0, 0.1) is 11.3 Å². The van der Waals surface area contributed by atoms with Crippen molar-refractivity contribution in [2.45, 2.75) is 27.7 Å². The van der Waals surface area contributed by atoms with Gasteiger partial charge in [0.05, 0.1) is 0 Å². The maximum atomic E-state index is 11.6. The highest BCUT2D eigenvalue weighted by Gasteiger charge is 2.15. The zero-order chi connectivity index (χ0) is 14.5. The number of aliphatic hydroxyl groups is 1. The van der Waals surface area contributed by atoms with Crippen LogP contribution in [-0.4, -0.2) is 24.2 Å². The van der Waals surface area contributed by atoms with Gasteiger partial charge in [-0.25, -0.2) is 0 Å². The number of carbonyl (C=O) groups is 1. The van der Waals surface area contributed by atoms with E-state index in [1.807, 2.05) is 52.0 Å². The number of carbonyl (C=O) groups excluding carboxylic acids is 1. The van der Waals surface area contributed by atoms with Gasteiger partial charge in [-0.15, -0.1) is 0 Å². The molecule has 106 valence electrons. The number of benzene rings is 1. The highest BCUT2D eigenvalue weighted by Crippen LogP contribution is 2.19. The molecule has 3 N–H and O–H groups in total. The fraction of sp³-hybridized carbons (Fsp3) is 0.533. The standard InChI is InChI=1S/C15H24N2O2/c1-11(2)14(19)17-13-7-5-6-12(8-13)16-9-15(3,4)10-18/h5-8,11,16,18H,9-10H2,1-4H3,(H,17,19). The number of anilines is 2. The SMILES string of the molecule is CC(C)C(=O)Nc1cccc(NCC(C)(C)CO)c1. The first-order chi connectivity index (χ1) is 8.84. The topological polar surface area (TPSA) is 61.4 Å². The minimum Gasteiger partial charge on any atom is -0.396 e. The van der Waals surface area contributed by atoms with E-state index in [1.165, 1.54) is 0 Å². The second-order valence-electron chi connectivity index (χ2n) is 5.90. The molecule has 0 radical (unpaired) electrons. The van der Waals surface area contributed by atoms with Crippen molar-refractivity contribution in [3.05, 3.63) is 24.3 Å². The summed E-state index contributed by atoms with van der Waals surface area (Å²) in [4.78, 5) is 11.6. The molecule has 4 nitrogen and oxygen atoms in total. The Balaban J connectivity index is 2.65. The van der Waals surface area contributed by atoms with Gasteiger partial charge in [0.15, 0.2) is 0 Å². The summed E-state index contributed by atoms with van der Waals surface area (Å²) in [6.07, 6.45) is 0. The third-order valence-electron chi connectivity index (χ3n) is 2.85. The van der Waals surface area contributed by atoms with Crippen LogP contribution in [0.3, 0.4) is 0 Å². The van der Waals surface area contributed by atoms with Gasteiger partial charge in [-0.05, 0) is 18.2 Å². The van der Waals surface area contributed by atoms with E-state index < -0.39 is 0 Å². The number of rotatable bonds is 6. The summed E-state index contributed by atoms with van der Waals surface area (Å²) in [7, 11) is 0. The Morgan fingerprint density at radius 2 is 1.95 bits per heavy atom. The summed E-state index contributed by atoms with van der Waals surface area (Å²) < 4.78 is 0. The number of nitrogens with one attached hydrogen (secondary N) is 2. The lowest BCUT2D eigenvalue weighted by Gasteiger charge is -2.22. The lowest BCUT2D eigenvalue weighted by molar-refractivity contribution is -0.118. The number of amides is 1. The molecule has 0 aromatic heterocycles. The fourth-order valence-corrected chi connectivity index (χ4v) is 1.39. The van der Waals surface area contributed by atoms with Crippen LogP contribution in [0.1, 0.15) is 27.7 Å². The van der Waals surface area contributed by atoms with Crippen LogP contribution < -0.4 is 10.6 Å². The fourth-order valence-electron chi connectivity index (χ4n) is 1.39. The van der Waals surface area contributed by atoms with Crippen molar-refractivity contribution >= 4 is 17.3 Å². The molecule has 1 aromatic carbocycles. The highest BCUT2D eigenvalue weighted by molar-refractivity contribution is 5.92. The van der Waals surface area contributed by atoms with Gasteiger partial charge < -0.3 is 15.7 Å². The van der Waals surface area contributed by atoms with E-state index in [1.54, 1.807) is 0 Å². The quantitative estimate of drug-likeness (QED) is 0.740. The summed E-state index contributed by atoms with van der Waals surface area (Å²) in [5.41, 5.74) is 1.55. The molecule has 1 amide bonds. The van der Waals surface area contributed by atoms with Crippen molar-refractivity contribution in [3.63, 3.8) is 0 Å². The van der Waals surface area contributed by atoms with Crippen molar-refractivity contribution < 1.29 is 9.90 Å². The molecule has 0 unspecified atom stereocenters. The molecule has 0 aliphatic rings. The molecule has 0 saturated heterocycles. The van der Waals surface area contributed by atoms with Crippen LogP contribution in [0.4, 0.5) is 11.4 Å². The van der Waals surface area contributed by atoms with Crippen LogP contribution in [0.5, 0.6) is 0 Å². The molecule has 0 atom stereocenters. The monoisotopic (exact) mass is 264 g/mol. The first kappa shape index (κ1) is 15.5. The van der Waals surface area contributed by atoms with E-state index in [0.717, 1.165) is 11.4 Å². The molecule has 0 aliphatic heterocycles. The Labute approximate surface area is 115 Å². The number of hydrogen-bond acceptors (Lipinski definition) is 3. The summed E-state index contributed by atoms with van der Waals surface area (Å²) >= 11 is 0. The van der Waals surface area contributed by atoms with Gasteiger partial charge >= 0.3 is 0 Å². The van der Waals surface area contributed by atoms with Crippen LogP contribution in [0.15, 0.2) is 24.3 Å². The Hall–Kier alpha value is -1.55. The van der Waals surface area contributed by atoms with E-state index in [2.05, 4.69) is 10.6 Å². The Kier molecular flexibility index (Phi) is 5.36. The number of aliphatic hydroxyl groups excluding tert-OH is 1. The predicted octanol–water partition coefficient (Wildman–Crippen LogP) is 2.71. The molecule has 0 aliphatic carbocycles. The normalized spacial score (nSPS) is 11.5. The molecular formula is C15H24N2O2. The average Bonchev–Trinajstić information content (AvgIpc) is 2.37. The zero-order valence-electron chi connectivity index (χ0n) is 12.2. The van der Waals surface area contributed by atoms with Crippen LogP contribution >= 0.6 is 0 Å². The minimum atomic E-state index is -0.169. The van der Waals surface area contributed by atoms with Gasteiger partial charge in [0, 0.05) is 35.9 Å². The van der Waals surface area contributed by atoms with Gasteiger partial charge in [-0.1, -0.05) is 33.8 Å². The van der Waals surface area contributed by atoms with E-state index in [9.17, 15) is 9.90 Å². The van der Waals surface area contributed by atoms with Crippen molar-refractivity contribution in [2.75, 3.05) is 23.8 Å². The average molecular weight is 264 g/mol. The van der Waals surface area contributed by atoms with Crippen molar-refractivity contribution in [1.82, 2.24) is 0 Å². The van der Waals surface area contributed by atoms with Gasteiger partial charge in [0.25, 0.3) is 0 Å². The molecule has 0 saturated carbocycles. The predicted molar refractivity (Wildman–Crippen MR) is 79.3 cm³/mol. The second kappa shape index (κ2) is 6.57. The number of hydrogen-bond donors (Lipinski definition) is 3. The van der Waals surface area contributed by atoms with Crippen molar-refractivity contribution in [3.8, 4) is 0 Å². The molecule has 19 heavy (non-hydrogen) atoms.